The van der Waals surface area contributed by atoms with Crippen molar-refractivity contribution in [2.24, 2.45) is 7.05 Å². The quantitative estimate of drug-likeness (QED) is 0.852. The van der Waals surface area contributed by atoms with E-state index >= 15 is 0 Å². The van der Waals surface area contributed by atoms with Crippen LogP contribution in [0.1, 0.15) is 37.2 Å². The molecule has 0 saturated carbocycles. The number of hydrogen-bond donors (Lipinski definition) is 1. The molecule has 20 heavy (non-hydrogen) atoms. The zero-order chi connectivity index (χ0) is 14.4. The van der Waals surface area contributed by atoms with E-state index in [0.29, 0.717) is 0 Å². The number of nitrogens with one attached hydrogen (secondary N) is 1. The number of hydrogen-bond acceptors (Lipinski definition) is 3. The molecule has 108 valence electrons. The molecule has 0 aliphatic rings. The van der Waals surface area contributed by atoms with Gasteiger partial charge in [0.15, 0.2) is 0 Å². The molecule has 0 spiro atoms. The number of aromatic nitrogens is 3. The van der Waals surface area contributed by atoms with Crippen LogP contribution in [0.2, 0.25) is 5.02 Å². The topological polar surface area (TPSA) is 42.7 Å². The van der Waals surface area contributed by atoms with Gasteiger partial charge in [0.05, 0.1) is 16.8 Å². The smallest absolute Gasteiger partial charge is 0.0759 e. The maximum absolute atomic E-state index is 6.27. The minimum atomic E-state index is 0.179. The van der Waals surface area contributed by atoms with E-state index in [1.165, 1.54) is 5.69 Å². The molecular weight excluding hydrogens is 272 g/mol. The van der Waals surface area contributed by atoms with Gasteiger partial charge in [-0.15, -0.1) is 0 Å². The molecule has 2 rings (SSSR count). The van der Waals surface area contributed by atoms with E-state index in [4.69, 9.17) is 11.6 Å². The van der Waals surface area contributed by atoms with Crippen LogP contribution in [0, 0.1) is 0 Å². The molecule has 0 radical (unpaired) electrons. The molecule has 2 aromatic heterocycles. The minimum absolute atomic E-state index is 0.179. The van der Waals surface area contributed by atoms with E-state index < -0.39 is 0 Å². The first-order valence-electron chi connectivity index (χ1n) is 7.03. The van der Waals surface area contributed by atoms with E-state index in [9.17, 15) is 0 Å². The van der Waals surface area contributed by atoms with Crippen molar-refractivity contribution in [1.82, 2.24) is 20.1 Å². The highest BCUT2D eigenvalue weighted by molar-refractivity contribution is 6.31. The summed E-state index contributed by atoms with van der Waals surface area (Å²) >= 11 is 6.27. The molecule has 1 N–H and O–H groups in total. The number of rotatable bonds is 7. The lowest BCUT2D eigenvalue weighted by Gasteiger charge is -2.19. The number of pyridine rings is 1. The summed E-state index contributed by atoms with van der Waals surface area (Å²) in [6.45, 7) is 3.12. The van der Waals surface area contributed by atoms with Crippen molar-refractivity contribution in [3.05, 3.63) is 47.0 Å². The Labute approximate surface area is 125 Å². The molecule has 0 aromatic carbocycles. The summed E-state index contributed by atoms with van der Waals surface area (Å²) in [6.07, 6.45) is 6.62. The minimum Gasteiger partial charge on any atom is -0.309 e. The van der Waals surface area contributed by atoms with Crippen molar-refractivity contribution in [2.45, 2.75) is 32.2 Å². The third kappa shape index (κ3) is 3.81. The third-order valence-corrected chi connectivity index (χ3v) is 3.69. The summed E-state index contributed by atoms with van der Waals surface area (Å²) in [7, 11) is 1.97. The molecule has 5 heteroatoms. The fourth-order valence-corrected chi connectivity index (χ4v) is 2.50. The molecule has 1 atom stereocenters. The zero-order valence-electron chi connectivity index (χ0n) is 12.0. The van der Waals surface area contributed by atoms with Crippen molar-refractivity contribution < 1.29 is 0 Å². The second kappa shape index (κ2) is 7.41. The summed E-state index contributed by atoms with van der Waals surface area (Å²) in [5.74, 6) is 0. The number of halogens is 1. The van der Waals surface area contributed by atoms with E-state index in [0.717, 1.165) is 36.5 Å². The van der Waals surface area contributed by atoms with Crippen molar-refractivity contribution in [3.8, 4) is 0 Å². The Morgan fingerprint density at radius 2 is 2.20 bits per heavy atom. The summed E-state index contributed by atoms with van der Waals surface area (Å²) in [6, 6.07) is 5.99. The third-order valence-electron chi connectivity index (χ3n) is 3.37. The maximum atomic E-state index is 6.27. The average molecular weight is 293 g/mol. The zero-order valence-corrected chi connectivity index (χ0v) is 12.8. The van der Waals surface area contributed by atoms with E-state index in [2.05, 4.69) is 28.4 Å². The Morgan fingerprint density at radius 1 is 1.35 bits per heavy atom. The second-order valence-corrected chi connectivity index (χ2v) is 5.27. The van der Waals surface area contributed by atoms with Gasteiger partial charge >= 0.3 is 0 Å². The molecule has 0 aliphatic carbocycles. The molecule has 0 fully saturated rings. The molecule has 1 unspecified atom stereocenters. The first-order valence-corrected chi connectivity index (χ1v) is 7.40. The predicted octanol–water partition coefficient (Wildman–Crippen LogP) is 3.14. The SMILES string of the molecule is CCCNC(CCc1ccnn1C)c1ncccc1Cl. The van der Waals surface area contributed by atoms with Gasteiger partial charge in [0, 0.05) is 25.1 Å². The van der Waals surface area contributed by atoms with Gasteiger partial charge in [0.2, 0.25) is 0 Å². The van der Waals surface area contributed by atoms with Crippen LogP contribution in [0.3, 0.4) is 0 Å². The summed E-state index contributed by atoms with van der Waals surface area (Å²) in [5, 5.41) is 8.46. The van der Waals surface area contributed by atoms with Gasteiger partial charge in [0.25, 0.3) is 0 Å². The molecule has 0 saturated heterocycles. The Bertz CT molecular complexity index is 538. The van der Waals surface area contributed by atoms with Crippen LogP contribution >= 0.6 is 11.6 Å². The van der Waals surface area contributed by atoms with Crippen molar-refractivity contribution in [2.75, 3.05) is 6.54 Å². The van der Waals surface area contributed by atoms with Crippen LogP contribution in [0.5, 0.6) is 0 Å². The van der Waals surface area contributed by atoms with Gasteiger partial charge in [-0.1, -0.05) is 18.5 Å². The summed E-state index contributed by atoms with van der Waals surface area (Å²) in [4.78, 5) is 4.44. The molecular formula is C15H21ClN4. The molecule has 4 nitrogen and oxygen atoms in total. The van der Waals surface area contributed by atoms with Crippen LogP contribution in [0.4, 0.5) is 0 Å². The van der Waals surface area contributed by atoms with Crippen LogP contribution in [0.25, 0.3) is 0 Å². The Morgan fingerprint density at radius 3 is 2.85 bits per heavy atom. The van der Waals surface area contributed by atoms with Gasteiger partial charge in [-0.2, -0.15) is 5.10 Å². The lowest BCUT2D eigenvalue weighted by molar-refractivity contribution is 0.482. The second-order valence-electron chi connectivity index (χ2n) is 4.86. The van der Waals surface area contributed by atoms with Crippen LogP contribution < -0.4 is 5.32 Å². The summed E-state index contributed by atoms with van der Waals surface area (Å²) in [5.41, 5.74) is 2.16. The highest BCUT2D eigenvalue weighted by Gasteiger charge is 2.16. The maximum Gasteiger partial charge on any atom is 0.0759 e. The molecule has 0 amide bonds. The van der Waals surface area contributed by atoms with Crippen molar-refractivity contribution >= 4 is 11.6 Å². The van der Waals surface area contributed by atoms with Crippen LogP contribution in [0.15, 0.2) is 30.6 Å². The molecule has 2 heterocycles. The molecule has 0 bridgehead atoms. The monoisotopic (exact) mass is 292 g/mol. The van der Waals surface area contributed by atoms with Crippen molar-refractivity contribution in [3.63, 3.8) is 0 Å². The fraction of sp³-hybridized carbons (Fsp3) is 0.467. The lowest BCUT2D eigenvalue weighted by atomic mass is 10.1. The van der Waals surface area contributed by atoms with Gasteiger partial charge in [-0.3, -0.25) is 9.67 Å². The standard InChI is InChI=1S/C15H21ClN4/c1-3-9-17-14(15-13(16)5-4-10-18-15)7-6-12-8-11-19-20(12)2/h4-5,8,10-11,14,17H,3,6-7,9H2,1-2H3. The average Bonchev–Trinajstić information content (AvgIpc) is 2.86. The first-order chi connectivity index (χ1) is 9.72. The van der Waals surface area contributed by atoms with Crippen LogP contribution in [-0.4, -0.2) is 21.3 Å². The Kier molecular flexibility index (Phi) is 5.56. The fourth-order valence-electron chi connectivity index (χ4n) is 2.25. The van der Waals surface area contributed by atoms with Crippen molar-refractivity contribution in [1.29, 1.82) is 0 Å². The largest absolute Gasteiger partial charge is 0.309 e. The normalized spacial score (nSPS) is 12.6. The lowest BCUT2D eigenvalue weighted by Crippen LogP contribution is -2.24. The Hall–Kier alpha value is -1.39. The predicted molar refractivity (Wildman–Crippen MR) is 81.8 cm³/mol. The first kappa shape index (κ1) is 15.0. The number of aryl methyl sites for hydroxylation is 2. The van der Waals surface area contributed by atoms with Gasteiger partial charge in [-0.25, -0.2) is 0 Å². The van der Waals surface area contributed by atoms with Crippen LogP contribution in [-0.2, 0) is 13.5 Å². The summed E-state index contributed by atoms with van der Waals surface area (Å²) < 4.78 is 1.91. The molecule has 0 aliphatic heterocycles. The highest BCUT2D eigenvalue weighted by atomic mass is 35.5. The van der Waals surface area contributed by atoms with Gasteiger partial charge in [0.1, 0.15) is 0 Å². The highest BCUT2D eigenvalue weighted by Crippen LogP contribution is 2.24. The van der Waals surface area contributed by atoms with E-state index in [1.807, 2.05) is 30.1 Å². The Balaban J connectivity index is 2.08. The van der Waals surface area contributed by atoms with Gasteiger partial charge < -0.3 is 5.32 Å². The van der Waals surface area contributed by atoms with E-state index in [1.54, 1.807) is 6.20 Å². The molecule has 2 aromatic rings. The van der Waals surface area contributed by atoms with E-state index in [-0.39, 0.29) is 6.04 Å². The van der Waals surface area contributed by atoms with Gasteiger partial charge in [-0.05, 0) is 44.0 Å². The number of nitrogens with zero attached hydrogens (tertiary/aromatic N) is 3.